The Morgan fingerprint density at radius 3 is 2.65 bits per heavy atom. The van der Waals surface area contributed by atoms with Crippen molar-refractivity contribution in [1.82, 2.24) is 4.90 Å². The van der Waals surface area contributed by atoms with Crippen LogP contribution in [-0.2, 0) is 14.3 Å². The van der Waals surface area contributed by atoms with Gasteiger partial charge in [-0.2, -0.15) is 0 Å². The van der Waals surface area contributed by atoms with Gasteiger partial charge in [0.25, 0.3) is 0 Å². The monoisotopic (exact) mass is 243 g/mol. The Hall–Kier alpha value is -1.10. The molecule has 1 amide bonds. The molecule has 0 spiro atoms. The van der Waals surface area contributed by atoms with E-state index in [2.05, 4.69) is 0 Å². The average molecular weight is 243 g/mol. The molecular formula is C12H21NO4. The number of carboxylic acids is 1. The average Bonchev–Trinajstić information content (AvgIpc) is 2.54. The maximum atomic E-state index is 11.5. The van der Waals surface area contributed by atoms with E-state index in [1.807, 2.05) is 20.8 Å². The number of aliphatic carboxylic acids is 1. The number of ether oxygens (including phenoxy) is 1. The van der Waals surface area contributed by atoms with Crippen molar-refractivity contribution in [2.45, 2.75) is 39.2 Å². The first-order chi connectivity index (χ1) is 7.79. The molecule has 1 heterocycles. The van der Waals surface area contributed by atoms with Crippen LogP contribution >= 0.6 is 0 Å². The summed E-state index contributed by atoms with van der Waals surface area (Å²) in [5.74, 6) is -1.48. The maximum absolute atomic E-state index is 11.5. The molecule has 0 aliphatic carbocycles. The van der Waals surface area contributed by atoms with Crippen molar-refractivity contribution in [3.05, 3.63) is 0 Å². The predicted octanol–water partition coefficient (Wildman–Crippen LogP) is 1.12. The van der Waals surface area contributed by atoms with Gasteiger partial charge in [0, 0.05) is 26.1 Å². The van der Waals surface area contributed by atoms with Crippen molar-refractivity contribution in [2.24, 2.45) is 5.92 Å². The fourth-order valence-electron chi connectivity index (χ4n) is 1.79. The van der Waals surface area contributed by atoms with Gasteiger partial charge in [-0.3, -0.25) is 9.59 Å². The van der Waals surface area contributed by atoms with Gasteiger partial charge in [0.15, 0.2) is 0 Å². The van der Waals surface area contributed by atoms with Crippen LogP contribution in [0.2, 0.25) is 0 Å². The molecule has 1 saturated heterocycles. The lowest BCUT2D eigenvalue weighted by atomic mass is 10.1. The highest BCUT2D eigenvalue weighted by molar-refractivity contribution is 5.86. The summed E-state index contributed by atoms with van der Waals surface area (Å²) in [4.78, 5) is 23.9. The summed E-state index contributed by atoms with van der Waals surface area (Å²) in [5, 5.41) is 8.82. The van der Waals surface area contributed by atoms with Crippen LogP contribution in [0.5, 0.6) is 0 Å². The molecule has 0 saturated carbocycles. The van der Waals surface area contributed by atoms with Crippen molar-refractivity contribution >= 4 is 11.9 Å². The second kappa shape index (κ2) is 5.49. The highest BCUT2D eigenvalue weighted by atomic mass is 16.5. The van der Waals surface area contributed by atoms with Crippen LogP contribution in [0, 0.1) is 5.92 Å². The first-order valence-corrected chi connectivity index (χ1v) is 5.94. The molecule has 1 fully saturated rings. The highest BCUT2D eigenvalue weighted by Crippen LogP contribution is 2.18. The van der Waals surface area contributed by atoms with E-state index >= 15 is 0 Å². The lowest BCUT2D eigenvalue weighted by Crippen LogP contribution is -2.29. The molecule has 1 N–H and O–H groups in total. The van der Waals surface area contributed by atoms with Gasteiger partial charge in [0.05, 0.1) is 11.5 Å². The third-order valence-electron chi connectivity index (χ3n) is 2.67. The number of hydrogen-bond acceptors (Lipinski definition) is 3. The molecule has 1 rings (SSSR count). The number of amides is 1. The molecule has 1 unspecified atom stereocenters. The normalized spacial score (nSPS) is 21.0. The van der Waals surface area contributed by atoms with Crippen LogP contribution in [0.4, 0.5) is 0 Å². The lowest BCUT2D eigenvalue weighted by Gasteiger charge is -2.21. The fourth-order valence-corrected chi connectivity index (χ4v) is 1.79. The zero-order valence-electron chi connectivity index (χ0n) is 10.7. The molecule has 98 valence electrons. The molecule has 5 heteroatoms. The van der Waals surface area contributed by atoms with Crippen molar-refractivity contribution in [3.63, 3.8) is 0 Å². The minimum absolute atomic E-state index is 0.0619. The molecule has 17 heavy (non-hydrogen) atoms. The number of carboxylic acid groups (broad SMARTS) is 1. The van der Waals surface area contributed by atoms with E-state index in [4.69, 9.17) is 9.84 Å². The first kappa shape index (κ1) is 14.0. The van der Waals surface area contributed by atoms with Gasteiger partial charge in [-0.05, 0) is 27.2 Å². The van der Waals surface area contributed by atoms with Gasteiger partial charge < -0.3 is 14.7 Å². The summed E-state index contributed by atoms with van der Waals surface area (Å²) in [6.07, 6.45) is 0.880. The van der Waals surface area contributed by atoms with E-state index in [1.54, 1.807) is 4.90 Å². The van der Waals surface area contributed by atoms with Gasteiger partial charge >= 0.3 is 5.97 Å². The van der Waals surface area contributed by atoms with E-state index in [1.165, 1.54) is 0 Å². The van der Waals surface area contributed by atoms with Crippen LogP contribution in [0.3, 0.4) is 0 Å². The number of carbonyl (C=O) groups is 2. The third-order valence-corrected chi connectivity index (χ3v) is 2.67. The van der Waals surface area contributed by atoms with E-state index in [0.29, 0.717) is 19.7 Å². The van der Waals surface area contributed by atoms with Crippen LogP contribution in [0.1, 0.15) is 33.6 Å². The van der Waals surface area contributed by atoms with Crippen molar-refractivity contribution in [3.8, 4) is 0 Å². The zero-order valence-corrected chi connectivity index (χ0v) is 10.7. The number of likely N-dealkylation sites (tertiary alicyclic amines) is 1. The van der Waals surface area contributed by atoms with Crippen LogP contribution in [0.15, 0.2) is 0 Å². The minimum atomic E-state index is -0.883. The summed E-state index contributed by atoms with van der Waals surface area (Å²) in [7, 11) is 0. The quantitative estimate of drug-likeness (QED) is 0.735. The van der Waals surface area contributed by atoms with E-state index < -0.39 is 11.9 Å². The molecule has 0 aromatic rings. The fraction of sp³-hybridized carbons (Fsp3) is 0.833. The van der Waals surface area contributed by atoms with Gasteiger partial charge in [0.2, 0.25) is 5.91 Å². The summed E-state index contributed by atoms with van der Waals surface area (Å²) in [5.41, 5.74) is -0.168. The summed E-state index contributed by atoms with van der Waals surface area (Å²) >= 11 is 0. The van der Waals surface area contributed by atoms with E-state index in [9.17, 15) is 9.59 Å². The molecular weight excluding hydrogens is 222 g/mol. The zero-order chi connectivity index (χ0) is 13.1. The maximum Gasteiger partial charge on any atom is 0.308 e. The highest BCUT2D eigenvalue weighted by Gasteiger charge is 2.33. The standard InChI is InChI=1S/C12H21NO4/c1-12(2,3)17-6-4-5-13-8-9(11(15)16)7-10(13)14/h9H,4-8H2,1-3H3,(H,15,16). The molecule has 1 aliphatic heterocycles. The van der Waals surface area contributed by atoms with Gasteiger partial charge in [-0.25, -0.2) is 0 Å². The number of hydrogen-bond donors (Lipinski definition) is 1. The lowest BCUT2D eigenvalue weighted by molar-refractivity contribution is -0.141. The smallest absolute Gasteiger partial charge is 0.308 e. The minimum Gasteiger partial charge on any atom is -0.481 e. The first-order valence-electron chi connectivity index (χ1n) is 5.94. The van der Waals surface area contributed by atoms with Gasteiger partial charge in [0.1, 0.15) is 0 Å². The SMILES string of the molecule is CC(C)(C)OCCCN1CC(C(=O)O)CC1=O. The molecule has 0 radical (unpaired) electrons. The van der Waals surface area contributed by atoms with Gasteiger partial charge in [-0.15, -0.1) is 0 Å². The molecule has 0 aromatic heterocycles. The molecule has 1 aliphatic rings. The molecule has 0 bridgehead atoms. The largest absolute Gasteiger partial charge is 0.481 e. The Balaban J connectivity index is 2.24. The van der Waals surface area contributed by atoms with E-state index in [-0.39, 0.29) is 17.9 Å². The second-order valence-electron chi connectivity index (χ2n) is 5.39. The van der Waals surface area contributed by atoms with Crippen LogP contribution < -0.4 is 0 Å². The Labute approximate surface area is 102 Å². The molecule has 1 atom stereocenters. The van der Waals surface area contributed by atoms with Crippen molar-refractivity contribution in [1.29, 1.82) is 0 Å². The number of nitrogens with zero attached hydrogens (tertiary/aromatic N) is 1. The van der Waals surface area contributed by atoms with Crippen molar-refractivity contribution in [2.75, 3.05) is 19.7 Å². The van der Waals surface area contributed by atoms with Crippen molar-refractivity contribution < 1.29 is 19.4 Å². The number of carbonyl (C=O) groups excluding carboxylic acids is 1. The van der Waals surface area contributed by atoms with E-state index in [0.717, 1.165) is 6.42 Å². The van der Waals surface area contributed by atoms with Gasteiger partial charge in [-0.1, -0.05) is 0 Å². The summed E-state index contributed by atoms with van der Waals surface area (Å²) < 4.78 is 5.54. The number of rotatable bonds is 5. The molecule has 0 aromatic carbocycles. The van der Waals surface area contributed by atoms with Crippen LogP contribution in [-0.4, -0.2) is 47.2 Å². The Kier molecular flexibility index (Phi) is 4.51. The summed E-state index contributed by atoms with van der Waals surface area (Å²) in [6.45, 7) is 7.45. The summed E-state index contributed by atoms with van der Waals surface area (Å²) in [6, 6.07) is 0. The Bertz CT molecular complexity index is 295. The van der Waals surface area contributed by atoms with Crippen LogP contribution in [0.25, 0.3) is 0 Å². The Morgan fingerprint density at radius 2 is 2.18 bits per heavy atom. The molecule has 5 nitrogen and oxygen atoms in total. The predicted molar refractivity (Wildman–Crippen MR) is 62.6 cm³/mol. The Morgan fingerprint density at radius 1 is 1.53 bits per heavy atom. The topological polar surface area (TPSA) is 66.8 Å². The third kappa shape index (κ3) is 4.73. The second-order valence-corrected chi connectivity index (χ2v) is 5.39.